The normalized spacial score (nSPS) is 19.1. The van der Waals surface area contributed by atoms with E-state index in [1.165, 1.54) is 13.0 Å². The van der Waals surface area contributed by atoms with Crippen LogP contribution in [-0.2, 0) is 0 Å². The number of aliphatic hydroxyl groups excluding tert-OH is 1. The molecule has 1 fully saturated rings. The third-order valence-corrected chi connectivity index (χ3v) is 3.98. The number of benzene rings is 1. The van der Waals surface area contributed by atoms with Gasteiger partial charge in [-0.3, -0.25) is 14.9 Å². The van der Waals surface area contributed by atoms with Crippen molar-refractivity contribution in [3.8, 4) is 0 Å². The molecule has 6 nitrogen and oxygen atoms in total. The van der Waals surface area contributed by atoms with Crippen LogP contribution in [0.25, 0.3) is 0 Å². The molecule has 1 atom stereocenters. The maximum Gasteiger partial charge on any atom is 0.293 e. The number of hydrogen-bond donors (Lipinski definition) is 1. The summed E-state index contributed by atoms with van der Waals surface area (Å²) in [6, 6.07) is 4.47. The molecule has 0 bridgehead atoms. The van der Waals surface area contributed by atoms with Crippen molar-refractivity contribution < 1.29 is 14.8 Å². The molecule has 0 radical (unpaired) electrons. The predicted octanol–water partition coefficient (Wildman–Crippen LogP) is 2.54. The van der Waals surface area contributed by atoms with Crippen molar-refractivity contribution in [2.45, 2.75) is 38.6 Å². The number of carbonyl (C=O) groups excluding carboxylic acids is 1. The van der Waals surface area contributed by atoms with Crippen molar-refractivity contribution in [1.82, 2.24) is 0 Å². The molecule has 1 aromatic carbocycles. The molecule has 0 spiro atoms. The van der Waals surface area contributed by atoms with E-state index in [1.54, 1.807) is 12.1 Å². The maximum atomic E-state index is 11.4. The van der Waals surface area contributed by atoms with Gasteiger partial charge < -0.3 is 10.0 Å². The van der Waals surface area contributed by atoms with E-state index in [-0.39, 0.29) is 24.1 Å². The molecule has 1 aromatic rings. The number of nitro groups is 1. The summed E-state index contributed by atoms with van der Waals surface area (Å²) >= 11 is 0. The molecule has 1 saturated heterocycles. The van der Waals surface area contributed by atoms with E-state index in [2.05, 4.69) is 0 Å². The molecule has 1 aliphatic heterocycles. The Bertz CT molecular complexity index is 544. The standard InChI is InChI=1S/C15H20N2O4/c1-11(19)12-6-7-14(15(9-12)17(20)21)16-8-4-2-3-5-13(16)10-18/h6-7,9,13,18H,2-5,8,10H2,1H3. The van der Waals surface area contributed by atoms with Gasteiger partial charge in [-0.15, -0.1) is 0 Å². The quantitative estimate of drug-likeness (QED) is 0.524. The SMILES string of the molecule is CC(=O)c1ccc(N2CCCCCC2CO)c([N+](=O)[O-])c1. The number of carbonyl (C=O) groups is 1. The lowest BCUT2D eigenvalue weighted by atomic mass is 10.1. The average molecular weight is 292 g/mol. The molecule has 0 saturated carbocycles. The van der Waals surface area contributed by atoms with Crippen LogP contribution in [0.3, 0.4) is 0 Å². The van der Waals surface area contributed by atoms with Gasteiger partial charge in [-0.2, -0.15) is 0 Å². The minimum atomic E-state index is -0.457. The summed E-state index contributed by atoms with van der Waals surface area (Å²) in [7, 11) is 0. The van der Waals surface area contributed by atoms with Crippen molar-refractivity contribution in [1.29, 1.82) is 0 Å². The third kappa shape index (κ3) is 3.39. The Morgan fingerprint density at radius 3 is 2.81 bits per heavy atom. The van der Waals surface area contributed by atoms with Crippen molar-refractivity contribution in [3.63, 3.8) is 0 Å². The van der Waals surface area contributed by atoms with E-state index in [0.29, 0.717) is 17.8 Å². The van der Waals surface area contributed by atoms with Crippen molar-refractivity contribution >= 4 is 17.2 Å². The highest BCUT2D eigenvalue weighted by Crippen LogP contribution is 2.33. The van der Waals surface area contributed by atoms with Crippen LogP contribution in [0, 0.1) is 10.1 Å². The molecular formula is C15H20N2O4. The van der Waals surface area contributed by atoms with Gasteiger partial charge in [0.2, 0.25) is 0 Å². The number of nitrogens with zero attached hydrogens (tertiary/aromatic N) is 2. The molecule has 0 aromatic heterocycles. The van der Waals surface area contributed by atoms with Crippen LogP contribution >= 0.6 is 0 Å². The lowest BCUT2D eigenvalue weighted by Crippen LogP contribution is -2.38. The largest absolute Gasteiger partial charge is 0.394 e. The Hall–Kier alpha value is -1.95. The Labute approximate surface area is 123 Å². The number of anilines is 1. The summed E-state index contributed by atoms with van der Waals surface area (Å²) in [5, 5.41) is 20.9. The van der Waals surface area contributed by atoms with E-state index in [0.717, 1.165) is 25.7 Å². The van der Waals surface area contributed by atoms with Gasteiger partial charge in [-0.1, -0.05) is 12.8 Å². The number of nitro benzene ring substituents is 1. The molecule has 0 amide bonds. The third-order valence-electron chi connectivity index (χ3n) is 3.98. The van der Waals surface area contributed by atoms with Crippen LogP contribution in [0.15, 0.2) is 18.2 Å². The highest BCUT2D eigenvalue weighted by Gasteiger charge is 2.27. The second-order valence-electron chi connectivity index (χ2n) is 5.40. The Balaban J connectivity index is 2.45. The summed E-state index contributed by atoms with van der Waals surface area (Å²) < 4.78 is 0. The monoisotopic (exact) mass is 292 g/mol. The van der Waals surface area contributed by atoms with Gasteiger partial charge in [0.15, 0.2) is 5.78 Å². The Kier molecular flexibility index (Phi) is 4.90. The fraction of sp³-hybridized carbons (Fsp3) is 0.533. The van der Waals surface area contributed by atoms with Gasteiger partial charge >= 0.3 is 0 Å². The van der Waals surface area contributed by atoms with Crippen molar-refractivity contribution in [2.24, 2.45) is 0 Å². The summed E-state index contributed by atoms with van der Waals surface area (Å²) in [6.45, 7) is 2.05. The fourth-order valence-corrected chi connectivity index (χ4v) is 2.82. The lowest BCUT2D eigenvalue weighted by molar-refractivity contribution is -0.384. The van der Waals surface area contributed by atoms with Gasteiger partial charge in [0.25, 0.3) is 5.69 Å². The van der Waals surface area contributed by atoms with Crippen LogP contribution in [-0.4, -0.2) is 35.0 Å². The van der Waals surface area contributed by atoms with Crippen LogP contribution in [0.4, 0.5) is 11.4 Å². The van der Waals surface area contributed by atoms with Crippen molar-refractivity contribution in [3.05, 3.63) is 33.9 Å². The van der Waals surface area contributed by atoms with Crippen LogP contribution in [0.2, 0.25) is 0 Å². The Morgan fingerprint density at radius 1 is 1.43 bits per heavy atom. The molecule has 6 heteroatoms. The topological polar surface area (TPSA) is 83.7 Å². The molecule has 114 valence electrons. The number of hydrogen-bond acceptors (Lipinski definition) is 5. The molecule has 1 aliphatic rings. The lowest BCUT2D eigenvalue weighted by Gasteiger charge is -2.30. The summed E-state index contributed by atoms with van der Waals surface area (Å²) in [5.74, 6) is -0.195. The number of rotatable bonds is 4. The highest BCUT2D eigenvalue weighted by molar-refractivity contribution is 5.95. The summed E-state index contributed by atoms with van der Waals surface area (Å²) in [4.78, 5) is 24.2. The molecule has 1 N–H and O–H groups in total. The van der Waals surface area contributed by atoms with Crippen molar-refractivity contribution in [2.75, 3.05) is 18.1 Å². The number of aliphatic hydroxyl groups is 1. The zero-order valence-corrected chi connectivity index (χ0v) is 12.1. The first kappa shape index (κ1) is 15.4. The molecule has 1 heterocycles. The smallest absolute Gasteiger partial charge is 0.293 e. The van der Waals surface area contributed by atoms with E-state index >= 15 is 0 Å². The summed E-state index contributed by atoms with van der Waals surface area (Å²) in [6.07, 6.45) is 3.84. The molecule has 21 heavy (non-hydrogen) atoms. The average Bonchev–Trinajstić information content (AvgIpc) is 2.71. The minimum Gasteiger partial charge on any atom is -0.394 e. The number of Topliss-reactive ketones (excluding diaryl/α,β-unsaturated/α-hetero) is 1. The second kappa shape index (κ2) is 6.67. The van der Waals surface area contributed by atoms with Gasteiger partial charge in [-0.05, 0) is 31.9 Å². The molecular weight excluding hydrogens is 272 g/mol. The molecule has 1 unspecified atom stereocenters. The van der Waals surface area contributed by atoms with E-state index in [9.17, 15) is 20.0 Å². The van der Waals surface area contributed by atoms with Crippen LogP contribution < -0.4 is 4.90 Å². The zero-order chi connectivity index (χ0) is 15.4. The van der Waals surface area contributed by atoms with Gasteiger partial charge in [0, 0.05) is 18.2 Å². The second-order valence-corrected chi connectivity index (χ2v) is 5.40. The number of ketones is 1. The predicted molar refractivity (Wildman–Crippen MR) is 79.8 cm³/mol. The Morgan fingerprint density at radius 2 is 2.19 bits per heavy atom. The fourth-order valence-electron chi connectivity index (χ4n) is 2.82. The minimum absolute atomic E-state index is 0.0222. The van der Waals surface area contributed by atoms with Gasteiger partial charge in [-0.25, -0.2) is 0 Å². The van der Waals surface area contributed by atoms with Gasteiger partial charge in [0.05, 0.1) is 17.6 Å². The highest BCUT2D eigenvalue weighted by atomic mass is 16.6. The van der Waals surface area contributed by atoms with E-state index in [4.69, 9.17) is 0 Å². The molecule has 0 aliphatic carbocycles. The first-order valence-electron chi connectivity index (χ1n) is 7.21. The van der Waals surface area contributed by atoms with Gasteiger partial charge in [0.1, 0.15) is 5.69 Å². The van der Waals surface area contributed by atoms with Crippen LogP contribution in [0.1, 0.15) is 43.0 Å². The van der Waals surface area contributed by atoms with E-state index < -0.39 is 4.92 Å². The van der Waals surface area contributed by atoms with E-state index in [1.807, 2.05) is 4.90 Å². The summed E-state index contributed by atoms with van der Waals surface area (Å²) in [5.41, 5.74) is 0.759. The first-order chi connectivity index (χ1) is 10.0. The maximum absolute atomic E-state index is 11.4. The molecule has 2 rings (SSSR count). The first-order valence-corrected chi connectivity index (χ1v) is 7.21. The zero-order valence-electron chi connectivity index (χ0n) is 12.1. The van der Waals surface area contributed by atoms with Crippen LogP contribution in [0.5, 0.6) is 0 Å².